The zero-order valence-corrected chi connectivity index (χ0v) is 18.7. The highest BCUT2D eigenvalue weighted by Gasteiger charge is 2.24. The lowest BCUT2D eigenvalue weighted by Crippen LogP contribution is -2.42. The molecule has 176 valence electrons. The van der Waals surface area contributed by atoms with Crippen LogP contribution in [0.3, 0.4) is 0 Å². The Morgan fingerprint density at radius 1 is 1.03 bits per heavy atom. The van der Waals surface area contributed by atoms with Gasteiger partial charge in [-0.15, -0.1) is 5.11 Å². The van der Waals surface area contributed by atoms with E-state index in [1.54, 1.807) is 24.3 Å². The standard InChI is InChI=1S/C24H25N5O5/c1-28(2)18-13-9-17(10-14-18)26-27-21-6-4-3-5-20(21)24(32)25-22(15-30)23(31)16-7-11-19(12-8-16)29(33)34/h3-14,22-23,30-31H,15H2,1-2H3,(H,25,32)/t22-,23-/m1/s1. The zero-order valence-electron chi connectivity index (χ0n) is 18.7. The van der Waals surface area contributed by atoms with E-state index in [2.05, 4.69) is 15.5 Å². The normalized spacial score (nSPS) is 12.8. The van der Waals surface area contributed by atoms with Crippen molar-refractivity contribution in [2.24, 2.45) is 10.2 Å². The predicted octanol–water partition coefficient (Wildman–Crippen LogP) is 3.90. The van der Waals surface area contributed by atoms with Crippen LogP contribution in [0.25, 0.3) is 0 Å². The minimum Gasteiger partial charge on any atom is -0.394 e. The summed E-state index contributed by atoms with van der Waals surface area (Å²) in [5.41, 5.74) is 2.35. The molecule has 10 heteroatoms. The van der Waals surface area contributed by atoms with Crippen LogP contribution in [0.15, 0.2) is 83.0 Å². The fourth-order valence-electron chi connectivity index (χ4n) is 3.18. The minimum absolute atomic E-state index is 0.129. The van der Waals surface area contributed by atoms with Crippen LogP contribution < -0.4 is 10.2 Å². The summed E-state index contributed by atoms with van der Waals surface area (Å²) < 4.78 is 0. The van der Waals surface area contributed by atoms with Crippen LogP contribution in [-0.4, -0.2) is 47.8 Å². The van der Waals surface area contributed by atoms with Gasteiger partial charge in [0.05, 0.1) is 34.5 Å². The third-order valence-electron chi connectivity index (χ3n) is 5.13. The molecule has 0 bridgehead atoms. The Kier molecular flexibility index (Phi) is 8.01. The number of aliphatic hydroxyl groups is 2. The van der Waals surface area contributed by atoms with Crippen molar-refractivity contribution in [1.29, 1.82) is 0 Å². The smallest absolute Gasteiger partial charge is 0.269 e. The minimum atomic E-state index is -1.28. The summed E-state index contributed by atoms with van der Waals surface area (Å²) in [6.07, 6.45) is -1.28. The number of anilines is 1. The summed E-state index contributed by atoms with van der Waals surface area (Å²) in [6.45, 7) is -0.550. The van der Waals surface area contributed by atoms with Crippen LogP contribution in [0.4, 0.5) is 22.7 Å². The number of carbonyl (C=O) groups excluding carboxylic acids is 1. The van der Waals surface area contributed by atoms with E-state index in [4.69, 9.17) is 0 Å². The summed E-state index contributed by atoms with van der Waals surface area (Å²) >= 11 is 0. The van der Waals surface area contributed by atoms with Crippen LogP contribution in [0.5, 0.6) is 0 Å². The van der Waals surface area contributed by atoms with Crippen LogP contribution in [0, 0.1) is 10.1 Å². The van der Waals surface area contributed by atoms with Gasteiger partial charge in [0.1, 0.15) is 6.10 Å². The summed E-state index contributed by atoms with van der Waals surface area (Å²) in [4.78, 5) is 25.1. The summed E-state index contributed by atoms with van der Waals surface area (Å²) in [5, 5.41) is 42.2. The van der Waals surface area contributed by atoms with E-state index in [1.165, 1.54) is 24.3 Å². The molecular weight excluding hydrogens is 438 g/mol. The van der Waals surface area contributed by atoms with E-state index < -0.39 is 29.6 Å². The summed E-state index contributed by atoms with van der Waals surface area (Å²) in [5.74, 6) is -0.558. The Morgan fingerprint density at radius 2 is 1.68 bits per heavy atom. The number of nitro groups is 1. The highest BCUT2D eigenvalue weighted by atomic mass is 16.6. The Hall–Kier alpha value is -4.15. The van der Waals surface area contributed by atoms with Crippen LogP contribution in [0.1, 0.15) is 22.0 Å². The van der Waals surface area contributed by atoms with Crippen molar-refractivity contribution in [3.05, 3.63) is 94.0 Å². The molecule has 0 radical (unpaired) electrons. The van der Waals surface area contributed by atoms with Crippen molar-refractivity contribution >= 4 is 28.7 Å². The number of benzene rings is 3. The highest BCUT2D eigenvalue weighted by molar-refractivity contribution is 5.99. The molecule has 3 aromatic carbocycles. The largest absolute Gasteiger partial charge is 0.394 e. The molecule has 0 unspecified atom stereocenters. The third kappa shape index (κ3) is 6.00. The molecule has 0 fully saturated rings. The van der Waals surface area contributed by atoms with E-state index in [0.29, 0.717) is 16.9 Å². The Labute approximate surface area is 196 Å². The van der Waals surface area contributed by atoms with Crippen molar-refractivity contribution in [3.63, 3.8) is 0 Å². The van der Waals surface area contributed by atoms with Gasteiger partial charge < -0.3 is 20.4 Å². The number of azo groups is 1. The molecular formula is C24H25N5O5. The maximum absolute atomic E-state index is 12.9. The van der Waals surface area contributed by atoms with Gasteiger partial charge in [-0.25, -0.2) is 0 Å². The van der Waals surface area contributed by atoms with Crippen molar-refractivity contribution in [2.45, 2.75) is 12.1 Å². The molecule has 3 N–H and O–H groups in total. The number of nitro benzene ring substituents is 1. The van der Waals surface area contributed by atoms with Crippen molar-refractivity contribution in [2.75, 3.05) is 25.6 Å². The number of hydrogen-bond donors (Lipinski definition) is 3. The van der Waals surface area contributed by atoms with Gasteiger partial charge in [-0.05, 0) is 54.1 Å². The molecule has 0 aromatic heterocycles. The van der Waals surface area contributed by atoms with Crippen LogP contribution in [0.2, 0.25) is 0 Å². The molecule has 0 spiro atoms. The first-order valence-electron chi connectivity index (χ1n) is 10.4. The van der Waals surface area contributed by atoms with Gasteiger partial charge in [-0.1, -0.05) is 12.1 Å². The van der Waals surface area contributed by atoms with Gasteiger partial charge in [0.15, 0.2) is 0 Å². The van der Waals surface area contributed by atoms with Gasteiger partial charge in [0.25, 0.3) is 11.6 Å². The summed E-state index contributed by atoms with van der Waals surface area (Å²) in [6, 6.07) is 18.2. The topological polar surface area (TPSA) is 141 Å². The summed E-state index contributed by atoms with van der Waals surface area (Å²) in [7, 11) is 3.87. The first kappa shape index (κ1) is 24.5. The van der Waals surface area contributed by atoms with Crippen molar-refractivity contribution < 1.29 is 19.9 Å². The molecule has 0 heterocycles. The average Bonchev–Trinajstić information content (AvgIpc) is 2.86. The molecule has 10 nitrogen and oxygen atoms in total. The maximum atomic E-state index is 12.9. The second-order valence-corrected chi connectivity index (χ2v) is 7.68. The lowest BCUT2D eigenvalue weighted by Gasteiger charge is -2.22. The molecule has 0 aliphatic heterocycles. The SMILES string of the molecule is CN(C)c1ccc(N=Nc2ccccc2C(=O)N[C@H](CO)[C@H](O)c2ccc([N+](=O)[O-])cc2)cc1. The molecule has 0 saturated carbocycles. The number of nitrogens with zero attached hydrogens (tertiary/aromatic N) is 4. The molecule has 3 rings (SSSR count). The molecule has 34 heavy (non-hydrogen) atoms. The number of non-ortho nitro benzene ring substituents is 1. The fourth-order valence-corrected chi connectivity index (χ4v) is 3.18. The van der Waals surface area contributed by atoms with E-state index in [0.717, 1.165) is 5.69 Å². The number of rotatable bonds is 9. The number of carbonyl (C=O) groups is 1. The highest BCUT2D eigenvalue weighted by Crippen LogP contribution is 2.25. The Bertz CT molecular complexity index is 1160. The quantitative estimate of drug-likeness (QED) is 0.250. The molecule has 0 aliphatic carbocycles. The van der Waals surface area contributed by atoms with Gasteiger partial charge in [0, 0.05) is 31.9 Å². The average molecular weight is 463 g/mol. The first-order chi connectivity index (χ1) is 16.3. The van der Waals surface area contributed by atoms with Crippen molar-refractivity contribution in [3.8, 4) is 0 Å². The van der Waals surface area contributed by atoms with E-state index in [-0.39, 0.29) is 11.3 Å². The first-order valence-corrected chi connectivity index (χ1v) is 10.4. The third-order valence-corrected chi connectivity index (χ3v) is 5.13. The van der Waals surface area contributed by atoms with Gasteiger partial charge in [-0.3, -0.25) is 14.9 Å². The number of hydrogen-bond acceptors (Lipinski definition) is 8. The van der Waals surface area contributed by atoms with E-state index >= 15 is 0 Å². The van der Waals surface area contributed by atoms with Gasteiger partial charge in [0.2, 0.25) is 0 Å². The Morgan fingerprint density at radius 3 is 2.26 bits per heavy atom. The molecule has 3 aromatic rings. The van der Waals surface area contributed by atoms with Gasteiger partial charge in [-0.2, -0.15) is 5.11 Å². The Balaban J connectivity index is 1.75. The second kappa shape index (κ2) is 11.1. The number of amides is 1. The lowest BCUT2D eigenvalue weighted by molar-refractivity contribution is -0.384. The lowest BCUT2D eigenvalue weighted by atomic mass is 10.0. The van der Waals surface area contributed by atoms with E-state index in [1.807, 2.05) is 43.3 Å². The molecule has 0 saturated heterocycles. The molecule has 1 amide bonds. The monoisotopic (exact) mass is 463 g/mol. The fraction of sp³-hybridized carbons (Fsp3) is 0.208. The van der Waals surface area contributed by atoms with Gasteiger partial charge >= 0.3 is 0 Å². The maximum Gasteiger partial charge on any atom is 0.269 e. The number of aliphatic hydroxyl groups excluding tert-OH is 2. The van der Waals surface area contributed by atoms with E-state index in [9.17, 15) is 25.1 Å². The molecule has 0 aliphatic rings. The van der Waals surface area contributed by atoms with Crippen molar-refractivity contribution in [1.82, 2.24) is 5.32 Å². The second-order valence-electron chi connectivity index (χ2n) is 7.68. The number of nitrogens with one attached hydrogen (secondary N) is 1. The zero-order chi connectivity index (χ0) is 24.7. The van der Waals surface area contributed by atoms with Crippen LogP contribution >= 0.6 is 0 Å². The predicted molar refractivity (Wildman–Crippen MR) is 128 cm³/mol. The molecule has 2 atom stereocenters. The van der Waals surface area contributed by atoms with Crippen LogP contribution in [-0.2, 0) is 0 Å².